The molecule has 26 heavy (non-hydrogen) atoms. The van der Waals surface area contributed by atoms with E-state index in [4.69, 9.17) is 4.74 Å². The van der Waals surface area contributed by atoms with Crippen LogP contribution in [0.4, 0.5) is 10.5 Å². The second-order valence-electron chi connectivity index (χ2n) is 6.95. The number of hydrogen-bond acceptors (Lipinski definition) is 5. The molecule has 0 spiro atoms. The van der Waals surface area contributed by atoms with Gasteiger partial charge in [-0.25, -0.2) is 4.79 Å². The van der Waals surface area contributed by atoms with E-state index in [-0.39, 0.29) is 12.5 Å². The van der Waals surface area contributed by atoms with Crippen LogP contribution in [0.2, 0.25) is 0 Å². The zero-order chi connectivity index (χ0) is 18.7. The van der Waals surface area contributed by atoms with E-state index in [1.807, 2.05) is 4.90 Å². The Morgan fingerprint density at radius 1 is 1.31 bits per heavy atom. The monoisotopic (exact) mass is 361 g/mol. The molecule has 0 bridgehead atoms. The van der Waals surface area contributed by atoms with Crippen LogP contribution in [0.5, 0.6) is 5.75 Å². The maximum absolute atomic E-state index is 12.1. The number of aliphatic carboxylic acids is 1. The van der Waals surface area contributed by atoms with E-state index in [2.05, 4.69) is 10.6 Å². The van der Waals surface area contributed by atoms with Crippen molar-refractivity contribution in [3.8, 4) is 5.75 Å². The Bertz CT molecular complexity index is 705. The molecule has 1 saturated carbocycles. The topological polar surface area (TPSA) is 108 Å². The Morgan fingerprint density at radius 2 is 2.04 bits per heavy atom. The number of imide groups is 1. The predicted octanol–water partition coefficient (Wildman–Crippen LogP) is 1.53. The number of methoxy groups -OCH3 is 1. The molecule has 140 valence electrons. The van der Waals surface area contributed by atoms with Crippen molar-refractivity contribution in [2.24, 2.45) is 11.3 Å². The van der Waals surface area contributed by atoms with E-state index in [0.29, 0.717) is 30.9 Å². The van der Waals surface area contributed by atoms with Crippen LogP contribution in [0.1, 0.15) is 19.3 Å². The fraction of sp³-hybridized carbons (Fsp3) is 0.500. The van der Waals surface area contributed by atoms with Crippen molar-refractivity contribution in [2.45, 2.75) is 19.3 Å². The van der Waals surface area contributed by atoms with Gasteiger partial charge in [0.1, 0.15) is 5.75 Å². The Balaban J connectivity index is 1.49. The Hall–Kier alpha value is -2.61. The number of nitrogens with one attached hydrogen (secondary N) is 2. The van der Waals surface area contributed by atoms with Crippen LogP contribution < -0.4 is 15.4 Å². The number of ether oxygens (including phenoxy) is 1. The Morgan fingerprint density at radius 3 is 2.65 bits per heavy atom. The highest BCUT2D eigenvalue weighted by Crippen LogP contribution is 2.48. The molecule has 3 amide bonds. The summed E-state index contributed by atoms with van der Waals surface area (Å²) in [5, 5.41) is 14.4. The summed E-state index contributed by atoms with van der Waals surface area (Å²) in [4.78, 5) is 37.5. The van der Waals surface area contributed by atoms with Crippen LogP contribution in [-0.2, 0) is 9.59 Å². The summed E-state index contributed by atoms with van der Waals surface area (Å²) in [6, 6.07) is 6.12. The molecule has 1 aliphatic carbocycles. The van der Waals surface area contributed by atoms with Crippen molar-refractivity contribution in [2.75, 3.05) is 32.1 Å². The second-order valence-corrected chi connectivity index (χ2v) is 6.95. The average Bonchev–Trinajstić information content (AvgIpc) is 3.13. The number of amides is 3. The normalized spacial score (nSPS) is 24.7. The lowest BCUT2D eigenvalue weighted by Gasteiger charge is -2.23. The maximum atomic E-state index is 12.1. The van der Waals surface area contributed by atoms with Crippen molar-refractivity contribution in [1.29, 1.82) is 0 Å². The number of carboxylic acids is 1. The summed E-state index contributed by atoms with van der Waals surface area (Å²) in [5.41, 5.74) is -0.192. The van der Waals surface area contributed by atoms with E-state index in [9.17, 15) is 19.5 Å². The van der Waals surface area contributed by atoms with Crippen LogP contribution >= 0.6 is 0 Å². The average molecular weight is 361 g/mol. The highest BCUT2D eigenvalue weighted by molar-refractivity contribution is 6.01. The highest BCUT2D eigenvalue weighted by atomic mass is 16.5. The molecule has 1 heterocycles. The smallest absolute Gasteiger partial charge is 0.325 e. The molecule has 8 nitrogen and oxygen atoms in total. The largest absolute Gasteiger partial charge is 0.497 e. The van der Waals surface area contributed by atoms with Gasteiger partial charge in [-0.05, 0) is 43.0 Å². The first kappa shape index (κ1) is 18.2. The molecule has 3 N–H and O–H groups in total. The minimum atomic E-state index is -0.778. The lowest BCUT2D eigenvalue weighted by molar-refractivity contribution is -0.149. The van der Waals surface area contributed by atoms with E-state index < -0.39 is 23.3 Å². The molecular formula is C18H23N3O5. The number of carbonyl (C=O) groups is 3. The van der Waals surface area contributed by atoms with Crippen LogP contribution in [0.25, 0.3) is 0 Å². The van der Waals surface area contributed by atoms with Crippen molar-refractivity contribution in [3.05, 3.63) is 24.3 Å². The van der Waals surface area contributed by atoms with Gasteiger partial charge in [-0.3, -0.25) is 19.8 Å². The molecule has 2 fully saturated rings. The first-order valence-corrected chi connectivity index (χ1v) is 8.63. The van der Waals surface area contributed by atoms with Crippen LogP contribution in [0, 0.1) is 11.3 Å². The van der Waals surface area contributed by atoms with Gasteiger partial charge in [0.2, 0.25) is 5.91 Å². The van der Waals surface area contributed by atoms with E-state index in [0.717, 1.165) is 12.8 Å². The number of rotatable bonds is 5. The third-order valence-electron chi connectivity index (χ3n) is 5.34. The lowest BCUT2D eigenvalue weighted by atomic mass is 9.81. The van der Waals surface area contributed by atoms with Gasteiger partial charge in [0.05, 0.1) is 19.1 Å². The fourth-order valence-electron chi connectivity index (χ4n) is 4.07. The van der Waals surface area contributed by atoms with Gasteiger partial charge in [-0.15, -0.1) is 0 Å². The van der Waals surface area contributed by atoms with Crippen LogP contribution in [-0.4, -0.2) is 54.7 Å². The molecule has 1 aromatic rings. The number of hydrogen-bond donors (Lipinski definition) is 3. The first-order chi connectivity index (χ1) is 12.4. The number of benzene rings is 1. The zero-order valence-electron chi connectivity index (χ0n) is 14.7. The molecule has 0 aromatic heterocycles. The zero-order valence-corrected chi connectivity index (χ0v) is 14.7. The van der Waals surface area contributed by atoms with Crippen LogP contribution in [0.3, 0.4) is 0 Å². The summed E-state index contributed by atoms with van der Waals surface area (Å²) in [5.74, 6) is -0.475. The second kappa shape index (κ2) is 7.33. The van der Waals surface area contributed by atoms with Crippen molar-refractivity contribution < 1.29 is 24.2 Å². The summed E-state index contributed by atoms with van der Waals surface area (Å²) >= 11 is 0. The van der Waals surface area contributed by atoms with E-state index in [1.54, 1.807) is 31.4 Å². The van der Waals surface area contributed by atoms with Gasteiger partial charge >= 0.3 is 12.0 Å². The molecular weight excluding hydrogens is 338 g/mol. The molecule has 3 rings (SSSR count). The molecule has 2 aliphatic rings. The quantitative estimate of drug-likeness (QED) is 0.734. The number of urea groups is 1. The van der Waals surface area contributed by atoms with Gasteiger partial charge < -0.3 is 15.2 Å². The minimum Gasteiger partial charge on any atom is -0.497 e. The molecule has 2 atom stereocenters. The number of anilines is 1. The van der Waals surface area contributed by atoms with Crippen molar-refractivity contribution in [3.63, 3.8) is 0 Å². The standard InChI is InChI=1S/C18H23N3O5/c1-26-14-6-4-13(5-7-14)19-17(25)20-15(22)10-21-9-12-3-2-8-18(12,11-21)16(23)24/h4-7,12H,2-3,8-11H2,1H3,(H,23,24)(H2,19,20,22,25)/t12-,18+/m0/s1. The van der Waals surface area contributed by atoms with Gasteiger partial charge in [0.15, 0.2) is 0 Å². The van der Waals surface area contributed by atoms with Gasteiger partial charge in [-0.2, -0.15) is 0 Å². The van der Waals surface area contributed by atoms with Gasteiger partial charge in [0.25, 0.3) is 0 Å². The van der Waals surface area contributed by atoms with Crippen molar-refractivity contribution >= 4 is 23.6 Å². The number of carboxylic acid groups (broad SMARTS) is 1. The Kier molecular flexibility index (Phi) is 5.13. The summed E-state index contributed by atoms with van der Waals surface area (Å²) in [6.07, 6.45) is 2.45. The SMILES string of the molecule is COc1ccc(NC(=O)NC(=O)CN2C[C@@H]3CCC[C@@]3(C(=O)O)C2)cc1. The number of carbonyl (C=O) groups excluding carboxylic acids is 2. The summed E-state index contributed by atoms with van der Waals surface area (Å²) in [7, 11) is 1.55. The third-order valence-corrected chi connectivity index (χ3v) is 5.34. The predicted molar refractivity (Wildman–Crippen MR) is 94.0 cm³/mol. The Labute approximate surface area is 151 Å². The number of fused-ring (bicyclic) bond motifs is 1. The highest BCUT2D eigenvalue weighted by Gasteiger charge is 2.54. The first-order valence-electron chi connectivity index (χ1n) is 8.63. The molecule has 1 saturated heterocycles. The van der Waals surface area contributed by atoms with E-state index in [1.165, 1.54) is 0 Å². The maximum Gasteiger partial charge on any atom is 0.325 e. The summed E-state index contributed by atoms with van der Waals surface area (Å²) in [6.45, 7) is 0.960. The molecule has 8 heteroatoms. The van der Waals surface area contributed by atoms with Gasteiger partial charge in [-0.1, -0.05) is 6.42 Å². The third kappa shape index (κ3) is 3.65. The molecule has 0 radical (unpaired) electrons. The molecule has 1 aromatic carbocycles. The molecule has 0 unspecified atom stereocenters. The molecule has 1 aliphatic heterocycles. The fourth-order valence-corrected chi connectivity index (χ4v) is 4.07. The van der Waals surface area contributed by atoms with Crippen LogP contribution in [0.15, 0.2) is 24.3 Å². The number of likely N-dealkylation sites (tertiary alicyclic amines) is 1. The van der Waals surface area contributed by atoms with E-state index >= 15 is 0 Å². The summed E-state index contributed by atoms with van der Waals surface area (Å²) < 4.78 is 5.04. The lowest BCUT2D eigenvalue weighted by Crippen LogP contribution is -2.42. The van der Waals surface area contributed by atoms with Gasteiger partial charge in [0, 0.05) is 18.8 Å². The number of nitrogens with zero attached hydrogens (tertiary/aromatic N) is 1. The van der Waals surface area contributed by atoms with Crippen molar-refractivity contribution in [1.82, 2.24) is 10.2 Å². The minimum absolute atomic E-state index is 0.0154.